The molecule has 0 atom stereocenters. The van der Waals surface area contributed by atoms with Gasteiger partial charge in [-0.2, -0.15) is 0 Å². The average Bonchev–Trinajstić information content (AvgIpc) is 3.40. The van der Waals surface area contributed by atoms with Gasteiger partial charge < -0.3 is 9.47 Å². The predicted octanol–water partition coefficient (Wildman–Crippen LogP) is 2.61. The smallest absolute Gasteiger partial charge is 0.212 e. The van der Waals surface area contributed by atoms with Crippen LogP contribution in [-0.2, 0) is 22.0 Å². The minimum atomic E-state index is -3.37. The van der Waals surface area contributed by atoms with Crippen molar-refractivity contribution in [2.24, 2.45) is 0 Å². The molecule has 2 aromatic carbocycles. The first-order valence-corrected chi connectivity index (χ1v) is 10.2. The summed E-state index contributed by atoms with van der Waals surface area (Å²) in [6.07, 6.45) is 2.11. The standard InChI is InChI=1S/C19H21NO4S/c21-25(22,13-8-15-4-2-1-3-5-15)20-19(9-10-19)16-6-7-17-18(14-16)24-12-11-23-17/h1-7,14,20H,8-13H2. The van der Waals surface area contributed by atoms with E-state index in [4.69, 9.17) is 9.47 Å². The Hall–Kier alpha value is -2.05. The minimum Gasteiger partial charge on any atom is -0.486 e. The Balaban J connectivity index is 1.47. The van der Waals surface area contributed by atoms with Gasteiger partial charge in [0.1, 0.15) is 13.2 Å². The number of nitrogens with one attached hydrogen (secondary N) is 1. The molecule has 1 fully saturated rings. The maximum absolute atomic E-state index is 12.6. The maximum atomic E-state index is 12.6. The van der Waals surface area contributed by atoms with Gasteiger partial charge in [-0.05, 0) is 42.5 Å². The minimum absolute atomic E-state index is 0.0866. The number of hydrogen-bond donors (Lipinski definition) is 1. The van der Waals surface area contributed by atoms with Crippen molar-refractivity contribution in [1.29, 1.82) is 0 Å². The molecule has 0 unspecified atom stereocenters. The molecule has 1 aliphatic heterocycles. The molecular weight excluding hydrogens is 338 g/mol. The fraction of sp³-hybridized carbons (Fsp3) is 0.368. The lowest BCUT2D eigenvalue weighted by atomic mass is 10.1. The van der Waals surface area contributed by atoms with Crippen LogP contribution in [0.4, 0.5) is 0 Å². The number of hydrogen-bond acceptors (Lipinski definition) is 4. The van der Waals surface area contributed by atoms with Gasteiger partial charge in [0.25, 0.3) is 0 Å². The number of fused-ring (bicyclic) bond motifs is 1. The molecule has 0 radical (unpaired) electrons. The topological polar surface area (TPSA) is 64.6 Å². The van der Waals surface area contributed by atoms with Gasteiger partial charge in [0.2, 0.25) is 10.0 Å². The van der Waals surface area contributed by atoms with Crippen LogP contribution >= 0.6 is 0 Å². The van der Waals surface area contributed by atoms with E-state index in [1.54, 1.807) is 0 Å². The van der Waals surface area contributed by atoms with Gasteiger partial charge in [-0.1, -0.05) is 36.4 Å². The highest BCUT2D eigenvalue weighted by Crippen LogP contribution is 2.48. The van der Waals surface area contributed by atoms with E-state index in [9.17, 15) is 8.42 Å². The zero-order valence-electron chi connectivity index (χ0n) is 13.9. The third-order valence-electron chi connectivity index (χ3n) is 4.70. The van der Waals surface area contributed by atoms with Gasteiger partial charge in [-0.3, -0.25) is 0 Å². The zero-order valence-corrected chi connectivity index (χ0v) is 14.7. The van der Waals surface area contributed by atoms with Crippen molar-refractivity contribution in [3.05, 3.63) is 59.7 Å². The first-order chi connectivity index (χ1) is 12.1. The summed E-state index contributed by atoms with van der Waals surface area (Å²) in [5, 5.41) is 0. The van der Waals surface area contributed by atoms with Gasteiger partial charge >= 0.3 is 0 Å². The molecular formula is C19H21NO4S. The second-order valence-electron chi connectivity index (χ2n) is 6.60. The van der Waals surface area contributed by atoms with E-state index in [0.29, 0.717) is 25.4 Å². The molecule has 1 aliphatic carbocycles. The first kappa shape index (κ1) is 16.4. The summed E-state index contributed by atoms with van der Waals surface area (Å²) in [5.74, 6) is 1.50. The molecule has 1 N–H and O–H groups in total. The molecule has 1 saturated carbocycles. The summed E-state index contributed by atoms with van der Waals surface area (Å²) in [4.78, 5) is 0. The number of aryl methyl sites for hydroxylation is 1. The Kier molecular flexibility index (Phi) is 4.17. The van der Waals surface area contributed by atoms with Crippen LogP contribution in [-0.4, -0.2) is 27.4 Å². The van der Waals surface area contributed by atoms with Crippen LogP contribution in [0.25, 0.3) is 0 Å². The predicted molar refractivity (Wildman–Crippen MR) is 95.4 cm³/mol. The lowest BCUT2D eigenvalue weighted by Crippen LogP contribution is -2.37. The molecule has 25 heavy (non-hydrogen) atoms. The molecule has 0 amide bonds. The summed E-state index contributed by atoms with van der Waals surface area (Å²) in [5.41, 5.74) is 1.47. The molecule has 0 aromatic heterocycles. The van der Waals surface area contributed by atoms with E-state index in [2.05, 4.69) is 4.72 Å². The monoisotopic (exact) mass is 359 g/mol. The maximum Gasteiger partial charge on any atom is 0.212 e. The van der Waals surface area contributed by atoms with Crippen LogP contribution in [0.1, 0.15) is 24.0 Å². The third-order valence-corrected chi connectivity index (χ3v) is 6.14. The van der Waals surface area contributed by atoms with E-state index in [1.165, 1.54) is 0 Å². The summed E-state index contributed by atoms with van der Waals surface area (Å²) >= 11 is 0. The quantitative estimate of drug-likeness (QED) is 0.861. The summed E-state index contributed by atoms with van der Waals surface area (Å²) in [6.45, 7) is 1.07. The molecule has 0 saturated heterocycles. The molecule has 2 aliphatic rings. The molecule has 6 heteroatoms. The molecule has 2 aromatic rings. The van der Waals surface area contributed by atoms with Crippen LogP contribution < -0.4 is 14.2 Å². The van der Waals surface area contributed by atoms with Crippen molar-refractivity contribution in [3.63, 3.8) is 0 Å². The van der Waals surface area contributed by atoms with Crippen LogP contribution in [0.15, 0.2) is 48.5 Å². The SMILES string of the molecule is O=S(=O)(CCc1ccccc1)NC1(c2ccc3c(c2)OCCO3)CC1. The zero-order chi connectivity index (χ0) is 17.3. The van der Waals surface area contributed by atoms with Crippen LogP contribution in [0, 0.1) is 0 Å². The highest BCUT2D eigenvalue weighted by Gasteiger charge is 2.47. The van der Waals surface area contributed by atoms with Crippen molar-refractivity contribution in [3.8, 4) is 11.5 Å². The van der Waals surface area contributed by atoms with Crippen molar-refractivity contribution >= 4 is 10.0 Å². The number of benzene rings is 2. The van der Waals surface area contributed by atoms with Crippen LogP contribution in [0.2, 0.25) is 0 Å². The first-order valence-electron chi connectivity index (χ1n) is 8.52. The van der Waals surface area contributed by atoms with Gasteiger partial charge in [-0.25, -0.2) is 13.1 Å². The van der Waals surface area contributed by atoms with Gasteiger partial charge in [0.15, 0.2) is 11.5 Å². The Morgan fingerprint density at radius 1 is 0.960 bits per heavy atom. The Morgan fingerprint density at radius 3 is 2.40 bits per heavy atom. The Labute approximate surface area is 148 Å². The molecule has 0 bridgehead atoms. The average molecular weight is 359 g/mol. The van der Waals surface area contributed by atoms with Crippen molar-refractivity contribution in [1.82, 2.24) is 4.72 Å². The van der Waals surface area contributed by atoms with Crippen molar-refractivity contribution < 1.29 is 17.9 Å². The lowest BCUT2D eigenvalue weighted by Gasteiger charge is -2.22. The summed E-state index contributed by atoms with van der Waals surface area (Å²) in [7, 11) is -3.37. The molecule has 4 rings (SSSR count). The molecule has 0 spiro atoms. The fourth-order valence-electron chi connectivity index (χ4n) is 3.16. The second kappa shape index (κ2) is 6.35. The number of sulfonamides is 1. The molecule has 132 valence electrons. The van der Waals surface area contributed by atoms with Crippen LogP contribution in [0.3, 0.4) is 0 Å². The van der Waals surface area contributed by atoms with E-state index >= 15 is 0 Å². The normalized spacial score (nSPS) is 17.9. The largest absolute Gasteiger partial charge is 0.486 e. The van der Waals surface area contributed by atoms with Gasteiger partial charge in [0.05, 0.1) is 11.3 Å². The van der Waals surface area contributed by atoms with E-state index in [-0.39, 0.29) is 5.75 Å². The highest BCUT2D eigenvalue weighted by molar-refractivity contribution is 7.89. The van der Waals surface area contributed by atoms with Crippen LogP contribution in [0.5, 0.6) is 11.5 Å². The number of ether oxygens (including phenoxy) is 2. The fourth-order valence-corrected chi connectivity index (χ4v) is 4.69. The van der Waals surface area contributed by atoms with Gasteiger partial charge in [0, 0.05) is 0 Å². The Morgan fingerprint density at radius 2 is 1.68 bits per heavy atom. The van der Waals surface area contributed by atoms with Gasteiger partial charge in [-0.15, -0.1) is 0 Å². The van der Waals surface area contributed by atoms with Crippen molar-refractivity contribution in [2.75, 3.05) is 19.0 Å². The second-order valence-corrected chi connectivity index (χ2v) is 8.44. The number of rotatable bonds is 6. The lowest BCUT2D eigenvalue weighted by molar-refractivity contribution is 0.171. The molecule has 5 nitrogen and oxygen atoms in total. The summed E-state index contributed by atoms with van der Waals surface area (Å²) < 4.78 is 39.2. The summed E-state index contributed by atoms with van der Waals surface area (Å²) in [6, 6.07) is 15.4. The highest BCUT2D eigenvalue weighted by atomic mass is 32.2. The Bertz CT molecular complexity index is 860. The molecule has 1 heterocycles. The van der Waals surface area contributed by atoms with E-state index in [0.717, 1.165) is 29.7 Å². The third kappa shape index (κ3) is 3.65. The van der Waals surface area contributed by atoms with Crippen molar-refractivity contribution in [2.45, 2.75) is 24.8 Å². The van der Waals surface area contributed by atoms with E-state index in [1.807, 2.05) is 48.5 Å². The van der Waals surface area contributed by atoms with E-state index < -0.39 is 15.6 Å².